The zero-order valence-corrected chi connectivity index (χ0v) is 16.6. The van der Waals surface area contributed by atoms with E-state index < -0.39 is 0 Å². The Labute approximate surface area is 169 Å². The molecule has 6 nitrogen and oxygen atoms in total. The summed E-state index contributed by atoms with van der Waals surface area (Å²) < 4.78 is 6.91. The highest BCUT2D eigenvalue weighted by atomic mass is 16.5. The van der Waals surface area contributed by atoms with Crippen molar-refractivity contribution in [3.8, 4) is 0 Å². The lowest BCUT2D eigenvalue weighted by molar-refractivity contribution is -0.116. The van der Waals surface area contributed by atoms with Crippen LogP contribution in [0, 0.1) is 6.92 Å². The second-order valence-electron chi connectivity index (χ2n) is 7.41. The number of rotatable bonds is 5. The number of hydrogen-bond donors (Lipinski definition) is 1. The van der Waals surface area contributed by atoms with Gasteiger partial charge in [-0.25, -0.2) is 0 Å². The number of benzene rings is 2. The van der Waals surface area contributed by atoms with Gasteiger partial charge in [-0.15, -0.1) is 0 Å². The van der Waals surface area contributed by atoms with Crippen molar-refractivity contribution in [2.24, 2.45) is 0 Å². The number of pyridine rings is 1. The summed E-state index contributed by atoms with van der Waals surface area (Å²) in [7, 11) is 0. The average molecular weight is 391 g/mol. The lowest BCUT2D eigenvalue weighted by atomic mass is 10.1. The molecule has 1 aromatic heterocycles. The van der Waals surface area contributed by atoms with Crippen molar-refractivity contribution in [3.63, 3.8) is 0 Å². The third-order valence-corrected chi connectivity index (χ3v) is 5.25. The predicted molar refractivity (Wildman–Crippen MR) is 114 cm³/mol. The van der Waals surface area contributed by atoms with E-state index in [2.05, 4.69) is 16.3 Å². The third kappa shape index (κ3) is 4.55. The number of ether oxygens (including phenoxy) is 1. The quantitative estimate of drug-likeness (QED) is 0.727. The number of carbonyl (C=O) groups excluding carboxylic acids is 1. The smallest absolute Gasteiger partial charge is 0.251 e. The molecule has 1 N–H and O–H groups in total. The Hall–Kier alpha value is -2.96. The first kappa shape index (κ1) is 19.4. The van der Waals surface area contributed by atoms with Gasteiger partial charge < -0.3 is 10.1 Å². The zero-order chi connectivity index (χ0) is 20.2. The average Bonchev–Trinajstić information content (AvgIpc) is 2.72. The van der Waals surface area contributed by atoms with Gasteiger partial charge in [0.2, 0.25) is 5.91 Å². The molecule has 0 aliphatic carbocycles. The summed E-state index contributed by atoms with van der Waals surface area (Å²) >= 11 is 0. The number of aromatic nitrogens is 1. The van der Waals surface area contributed by atoms with E-state index >= 15 is 0 Å². The van der Waals surface area contributed by atoms with E-state index in [-0.39, 0.29) is 18.0 Å². The Morgan fingerprint density at radius 2 is 1.86 bits per heavy atom. The highest BCUT2D eigenvalue weighted by Gasteiger charge is 2.13. The summed E-state index contributed by atoms with van der Waals surface area (Å²) in [5.41, 5.74) is 3.40. The molecule has 29 heavy (non-hydrogen) atoms. The number of aryl methyl sites for hydroxylation is 1. The molecule has 2 heterocycles. The van der Waals surface area contributed by atoms with E-state index in [9.17, 15) is 9.59 Å². The fraction of sp³-hybridized carbons (Fsp3) is 0.304. The van der Waals surface area contributed by atoms with Gasteiger partial charge in [0.1, 0.15) is 6.54 Å². The van der Waals surface area contributed by atoms with Gasteiger partial charge in [-0.05, 0) is 36.2 Å². The standard InChI is InChI=1S/C23H25N3O3/c1-17-13-23(28)26(21-8-3-2-7-20(17)21)16-22(27)24-19-6-4-5-18(14-19)15-25-9-11-29-12-10-25/h2-8,13-14H,9-12,15-16H2,1H3,(H,24,27). The van der Waals surface area contributed by atoms with Gasteiger partial charge in [0.15, 0.2) is 0 Å². The minimum Gasteiger partial charge on any atom is -0.379 e. The predicted octanol–water partition coefficient (Wildman–Crippen LogP) is 2.78. The number of amides is 1. The second kappa shape index (κ2) is 8.59. The molecule has 1 aliphatic heterocycles. The van der Waals surface area contributed by atoms with Gasteiger partial charge >= 0.3 is 0 Å². The van der Waals surface area contributed by atoms with Gasteiger partial charge in [-0.2, -0.15) is 0 Å². The van der Waals surface area contributed by atoms with Crippen molar-refractivity contribution in [1.82, 2.24) is 9.47 Å². The van der Waals surface area contributed by atoms with Crippen LogP contribution >= 0.6 is 0 Å². The second-order valence-corrected chi connectivity index (χ2v) is 7.41. The Kier molecular flexibility index (Phi) is 5.74. The van der Waals surface area contributed by atoms with E-state index in [0.29, 0.717) is 0 Å². The minimum atomic E-state index is -0.218. The molecule has 0 spiro atoms. The highest BCUT2D eigenvalue weighted by molar-refractivity contribution is 5.92. The monoisotopic (exact) mass is 391 g/mol. The molecular weight excluding hydrogens is 366 g/mol. The Balaban J connectivity index is 1.49. The first-order valence-corrected chi connectivity index (χ1v) is 9.88. The van der Waals surface area contributed by atoms with E-state index in [0.717, 1.165) is 60.6 Å². The van der Waals surface area contributed by atoms with E-state index in [1.165, 1.54) is 4.57 Å². The van der Waals surface area contributed by atoms with E-state index in [1.54, 1.807) is 6.07 Å². The molecule has 0 unspecified atom stereocenters. The van der Waals surface area contributed by atoms with Crippen LogP contribution in [-0.4, -0.2) is 41.7 Å². The fourth-order valence-electron chi connectivity index (χ4n) is 3.77. The summed E-state index contributed by atoms with van der Waals surface area (Å²) in [5.74, 6) is -0.218. The van der Waals surface area contributed by atoms with Crippen LogP contribution in [0.4, 0.5) is 5.69 Å². The number of anilines is 1. The number of morpholine rings is 1. The Morgan fingerprint density at radius 3 is 2.69 bits per heavy atom. The number of fused-ring (bicyclic) bond motifs is 1. The Morgan fingerprint density at radius 1 is 1.07 bits per heavy atom. The minimum absolute atomic E-state index is 0.0205. The summed E-state index contributed by atoms with van der Waals surface area (Å²) in [4.78, 5) is 27.5. The molecule has 1 saturated heterocycles. The molecule has 0 atom stereocenters. The fourth-order valence-corrected chi connectivity index (χ4v) is 3.77. The summed E-state index contributed by atoms with van der Waals surface area (Å²) in [6.07, 6.45) is 0. The molecule has 150 valence electrons. The maximum atomic E-state index is 12.7. The van der Waals surface area contributed by atoms with E-state index in [4.69, 9.17) is 4.74 Å². The molecule has 2 aromatic carbocycles. The number of carbonyl (C=O) groups is 1. The van der Waals surface area contributed by atoms with Crippen LogP contribution in [0.15, 0.2) is 59.4 Å². The van der Waals surface area contributed by atoms with Crippen molar-refractivity contribution < 1.29 is 9.53 Å². The molecule has 4 rings (SSSR count). The molecule has 0 saturated carbocycles. The van der Waals surface area contributed by atoms with E-state index in [1.807, 2.05) is 49.4 Å². The molecule has 0 bridgehead atoms. The van der Waals surface area contributed by atoms with Crippen LogP contribution in [0.1, 0.15) is 11.1 Å². The van der Waals surface area contributed by atoms with Crippen molar-refractivity contribution in [3.05, 3.63) is 76.1 Å². The summed E-state index contributed by atoms with van der Waals surface area (Å²) in [5, 5.41) is 3.91. The summed E-state index contributed by atoms with van der Waals surface area (Å²) in [6.45, 7) is 6.07. The molecular formula is C23H25N3O3. The maximum Gasteiger partial charge on any atom is 0.251 e. The largest absolute Gasteiger partial charge is 0.379 e. The van der Waals surface area contributed by atoms with Gasteiger partial charge in [0.05, 0.1) is 18.7 Å². The lowest BCUT2D eigenvalue weighted by Gasteiger charge is -2.26. The third-order valence-electron chi connectivity index (χ3n) is 5.25. The molecule has 1 fully saturated rings. The van der Waals surface area contributed by atoms with Crippen molar-refractivity contribution >= 4 is 22.5 Å². The summed E-state index contributed by atoms with van der Waals surface area (Å²) in [6, 6.07) is 17.1. The van der Waals surface area contributed by atoms with Crippen molar-refractivity contribution in [2.75, 3.05) is 31.6 Å². The van der Waals surface area contributed by atoms with Crippen LogP contribution in [0.25, 0.3) is 10.9 Å². The van der Waals surface area contributed by atoms with Crippen LogP contribution < -0.4 is 10.9 Å². The molecule has 1 amide bonds. The highest BCUT2D eigenvalue weighted by Crippen LogP contribution is 2.17. The molecule has 1 aliphatic rings. The SMILES string of the molecule is Cc1cc(=O)n(CC(=O)Nc2cccc(CN3CCOCC3)c2)c2ccccc12. The van der Waals surface area contributed by atoms with Gasteiger partial charge in [-0.1, -0.05) is 30.3 Å². The maximum absolute atomic E-state index is 12.7. The topological polar surface area (TPSA) is 63.6 Å². The van der Waals surface area contributed by atoms with Gasteiger partial charge in [0.25, 0.3) is 5.56 Å². The first-order chi connectivity index (χ1) is 14.1. The van der Waals surface area contributed by atoms with Gasteiger partial charge in [0, 0.05) is 36.8 Å². The number of hydrogen-bond acceptors (Lipinski definition) is 4. The molecule has 3 aromatic rings. The van der Waals surface area contributed by atoms with Crippen molar-refractivity contribution in [2.45, 2.75) is 20.0 Å². The lowest BCUT2D eigenvalue weighted by Crippen LogP contribution is -2.35. The van der Waals surface area contributed by atoms with Gasteiger partial charge in [-0.3, -0.25) is 19.1 Å². The first-order valence-electron chi connectivity index (χ1n) is 9.88. The molecule has 6 heteroatoms. The molecule has 0 radical (unpaired) electrons. The number of nitrogens with zero attached hydrogens (tertiary/aromatic N) is 2. The number of nitrogens with one attached hydrogen (secondary N) is 1. The Bertz CT molecular complexity index is 1080. The number of para-hydroxylation sites is 1. The van der Waals surface area contributed by atoms with Crippen molar-refractivity contribution in [1.29, 1.82) is 0 Å². The normalized spacial score (nSPS) is 14.8. The van der Waals surface area contributed by atoms with Crippen LogP contribution in [0.2, 0.25) is 0 Å². The van der Waals surface area contributed by atoms with Crippen LogP contribution in [-0.2, 0) is 22.6 Å². The van der Waals surface area contributed by atoms with Crippen LogP contribution in [0.5, 0.6) is 0 Å². The van der Waals surface area contributed by atoms with Crippen LogP contribution in [0.3, 0.4) is 0 Å². The zero-order valence-electron chi connectivity index (χ0n) is 16.6.